The van der Waals surface area contributed by atoms with Crippen LogP contribution in [-0.4, -0.2) is 72.0 Å². The normalized spacial score (nSPS) is 23.1. The van der Waals surface area contributed by atoms with E-state index in [-0.39, 0.29) is 38.1 Å². The molecule has 4 N–H and O–H groups in total. The van der Waals surface area contributed by atoms with Crippen LogP contribution in [0.15, 0.2) is 66.7 Å². The monoisotopic (exact) mass is 624 g/mol. The molecular formula is C34H44N2O9. The molecule has 0 aliphatic carbocycles. The van der Waals surface area contributed by atoms with Crippen molar-refractivity contribution >= 4 is 23.8 Å². The van der Waals surface area contributed by atoms with Crippen molar-refractivity contribution in [1.82, 2.24) is 10.6 Å². The summed E-state index contributed by atoms with van der Waals surface area (Å²) in [6, 6.07) is 14.7. The van der Waals surface area contributed by atoms with Gasteiger partial charge in [0, 0.05) is 25.3 Å². The Morgan fingerprint density at radius 3 is 2.29 bits per heavy atom. The van der Waals surface area contributed by atoms with Gasteiger partial charge < -0.3 is 35.1 Å². The number of amides is 2. The number of carbonyl (C=O) groups excluding carboxylic acids is 4. The van der Waals surface area contributed by atoms with Crippen molar-refractivity contribution in [2.24, 2.45) is 11.8 Å². The lowest BCUT2D eigenvalue weighted by Crippen LogP contribution is -2.48. The van der Waals surface area contributed by atoms with Gasteiger partial charge in [-0.25, -0.2) is 4.79 Å². The molecule has 11 heteroatoms. The number of rotatable bonds is 9. The van der Waals surface area contributed by atoms with E-state index in [9.17, 15) is 29.4 Å². The van der Waals surface area contributed by atoms with Crippen molar-refractivity contribution in [1.29, 1.82) is 0 Å². The van der Waals surface area contributed by atoms with Crippen LogP contribution in [-0.2, 0) is 35.1 Å². The van der Waals surface area contributed by atoms with Crippen LogP contribution in [0.2, 0.25) is 0 Å². The van der Waals surface area contributed by atoms with Gasteiger partial charge in [-0.2, -0.15) is 0 Å². The maximum Gasteiger partial charge on any atom is 0.347 e. The minimum atomic E-state index is -1.33. The van der Waals surface area contributed by atoms with Crippen molar-refractivity contribution in [2.75, 3.05) is 13.7 Å². The third kappa shape index (κ3) is 11.0. The molecule has 0 radical (unpaired) electrons. The smallest absolute Gasteiger partial charge is 0.347 e. The molecule has 2 amide bonds. The average molecular weight is 625 g/mol. The highest BCUT2D eigenvalue weighted by Gasteiger charge is 2.35. The molecule has 0 bridgehead atoms. The number of aliphatic hydroxyl groups excluding tert-OH is 2. The molecule has 1 heterocycles. The third-order valence-corrected chi connectivity index (χ3v) is 7.58. The second-order valence-electron chi connectivity index (χ2n) is 11.6. The molecular weight excluding hydrogens is 580 g/mol. The Hall–Kier alpha value is -4.22. The lowest BCUT2D eigenvalue weighted by Gasteiger charge is -2.31. The van der Waals surface area contributed by atoms with E-state index in [0.29, 0.717) is 11.3 Å². The summed E-state index contributed by atoms with van der Waals surface area (Å²) in [7, 11) is 1.55. The summed E-state index contributed by atoms with van der Waals surface area (Å²) in [5.41, 5.74) is 1.26. The summed E-state index contributed by atoms with van der Waals surface area (Å²) in [6.45, 7) is 5.28. The van der Waals surface area contributed by atoms with E-state index in [1.165, 1.54) is 12.2 Å². The quantitative estimate of drug-likeness (QED) is 0.308. The first-order valence-electron chi connectivity index (χ1n) is 15.2. The number of hydrogen-bond acceptors (Lipinski definition) is 9. The van der Waals surface area contributed by atoms with E-state index in [1.807, 2.05) is 13.8 Å². The highest BCUT2D eigenvalue weighted by atomic mass is 16.6. The van der Waals surface area contributed by atoms with E-state index < -0.39 is 60.1 Å². The van der Waals surface area contributed by atoms with Crippen LogP contribution >= 0.6 is 0 Å². The first kappa shape index (κ1) is 35.3. The van der Waals surface area contributed by atoms with Gasteiger partial charge in [0.25, 0.3) is 0 Å². The lowest BCUT2D eigenvalue weighted by atomic mass is 9.89. The van der Waals surface area contributed by atoms with Gasteiger partial charge in [0.15, 0.2) is 6.10 Å². The molecule has 3 rings (SSSR count). The topological polar surface area (TPSA) is 160 Å². The van der Waals surface area contributed by atoms with Gasteiger partial charge in [0.1, 0.15) is 24.0 Å². The Kier molecular flexibility index (Phi) is 13.6. The van der Waals surface area contributed by atoms with Gasteiger partial charge in [0.05, 0.1) is 19.6 Å². The summed E-state index contributed by atoms with van der Waals surface area (Å²) < 4.78 is 16.5. The number of nitrogens with one attached hydrogen (secondary N) is 2. The fourth-order valence-electron chi connectivity index (χ4n) is 4.93. The Bertz CT molecular complexity index is 1300. The standard InChI is InChI=1S/C34H44N2O9/c1-21(2)19-28-34(42)45-27(22(3)31(39)32(40)24-9-6-5-7-10-24)11-8-12-29(37)36-26(33(41)35-18-17-30(38)44-28)20-23-13-15-25(43-4)16-14-23/h5-10,12-16,21-22,26-28,31-32,39-40H,11,17-20H2,1-4H3,(H,35,41)(H,36,37)/b12-8+/t22-,26+,27-,28-,31+,32+/m0/s1. The molecule has 0 aromatic heterocycles. The molecule has 11 nitrogen and oxygen atoms in total. The Morgan fingerprint density at radius 1 is 0.956 bits per heavy atom. The number of esters is 2. The van der Waals surface area contributed by atoms with Crippen LogP contribution in [0.4, 0.5) is 0 Å². The van der Waals surface area contributed by atoms with Crippen LogP contribution in [0.1, 0.15) is 57.3 Å². The van der Waals surface area contributed by atoms with Crippen LogP contribution in [0.25, 0.3) is 0 Å². The highest BCUT2D eigenvalue weighted by Crippen LogP contribution is 2.27. The van der Waals surface area contributed by atoms with Gasteiger partial charge in [-0.05, 0) is 41.7 Å². The lowest BCUT2D eigenvalue weighted by molar-refractivity contribution is -0.177. The minimum absolute atomic E-state index is 0.00339. The summed E-state index contributed by atoms with van der Waals surface area (Å²) in [4.78, 5) is 52.1. The number of ether oxygens (including phenoxy) is 3. The van der Waals surface area contributed by atoms with E-state index in [1.54, 1.807) is 68.6 Å². The van der Waals surface area contributed by atoms with Crippen LogP contribution < -0.4 is 15.4 Å². The first-order chi connectivity index (χ1) is 21.5. The SMILES string of the molecule is COc1ccc(C[C@H]2NC(=O)/C=C/C[C@@H]([C@H](C)[C@@H](O)[C@H](O)c3ccccc3)OC(=O)[C@H](CC(C)C)OC(=O)CCNC2=O)cc1. The summed E-state index contributed by atoms with van der Waals surface area (Å²) >= 11 is 0. The molecule has 6 atom stereocenters. The van der Waals surface area contributed by atoms with E-state index in [0.717, 1.165) is 5.56 Å². The number of cyclic esters (lactones) is 2. The van der Waals surface area contributed by atoms with Gasteiger partial charge in [-0.1, -0.05) is 69.3 Å². The Labute approximate surface area is 263 Å². The number of benzene rings is 2. The fraction of sp³-hybridized carbons (Fsp3) is 0.471. The summed E-state index contributed by atoms with van der Waals surface area (Å²) in [5.74, 6) is -2.73. The maximum atomic E-state index is 13.3. The van der Waals surface area contributed by atoms with Crippen molar-refractivity contribution in [3.63, 3.8) is 0 Å². The molecule has 45 heavy (non-hydrogen) atoms. The van der Waals surface area contributed by atoms with Crippen LogP contribution in [0.5, 0.6) is 5.75 Å². The molecule has 1 aliphatic heterocycles. The number of hydrogen-bond donors (Lipinski definition) is 4. The zero-order chi connectivity index (χ0) is 32.9. The second-order valence-corrected chi connectivity index (χ2v) is 11.6. The first-order valence-corrected chi connectivity index (χ1v) is 15.2. The van der Waals surface area contributed by atoms with Gasteiger partial charge in [-0.3, -0.25) is 14.4 Å². The average Bonchev–Trinajstić information content (AvgIpc) is 3.02. The van der Waals surface area contributed by atoms with Crippen molar-refractivity contribution in [2.45, 2.75) is 76.9 Å². The molecule has 2 aromatic carbocycles. The number of carbonyl (C=O) groups is 4. The summed E-state index contributed by atoms with van der Waals surface area (Å²) in [5, 5.41) is 27.3. The van der Waals surface area contributed by atoms with E-state index in [2.05, 4.69) is 10.6 Å². The molecule has 2 aromatic rings. The predicted molar refractivity (Wildman–Crippen MR) is 166 cm³/mol. The largest absolute Gasteiger partial charge is 0.497 e. The van der Waals surface area contributed by atoms with Gasteiger partial charge >= 0.3 is 11.9 Å². The minimum Gasteiger partial charge on any atom is -0.497 e. The zero-order valence-corrected chi connectivity index (χ0v) is 26.2. The number of methoxy groups -OCH3 is 1. The molecule has 0 saturated heterocycles. The fourth-order valence-corrected chi connectivity index (χ4v) is 4.93. The van der Waals surface area contributed by atoms with Crippen molar-refractivity contribution in [3.05, 3.63) is 77.9 Å². The van der Waals surface area contributed by atoms with E-state index in [4.69, 9.17) is 14.2 Å². The molecule has 0 spiro atoms. The van der Waals surface area contributed by atoms with E-state index >= 15 is 0 Å². The molecule has 244 valence electrons. The third-order valence-electron chi connectivity index (χ3n) is 7.58. The maximum absolute atomic E-state index is 13.3. The Morgan fingerprint density at radius 2 is 1.64 bits per heavy atom. The summed E-state index contributed by atoms with van der Waals surface area (Å²) in [6.07, 6.45) is -1.95. The molecule has 0 unspecified atom stereocenters. The zero-order valence-electron chi connectivity index (χ0n) is 26.2. The van der Waals surface area contributed by atoms with Crippen LogP contribution in [0, 0.1) is 11.8 Å². The number of aliphatic hydroxyl groups is 2. The molecule has 0 saturated carbocycles. The van der Waals surface area contributed by atoms with Crippen molar-refractivity contribution < 1.29 is 43.6 Å². The van der Waals surface area contributed by atoms with Crippen LogP contribution in [0.3, 0.4) is 0 Å². The highest BCUT2D eigenvalue weighted by molar-refractivity contribution is 5.93. The Balaban J connectivity index is 1.87. The molecule has 1 aliphatic rings. The van der Waals surface area contributed by atoms with Crippen molar-refractivity contribution in [3.8, 4) is 5.75 Å². The second kappa shape index (κ2) is 17.3. The predicted octanol–water partition coefficient (Wildman–Crippen LogP) is 2.79. The molecule has 0 fully saturated rings. The van der Waals surface area contributed by atoms with Gasteiger partial charge in [0.2, 0.25) is 11.8 Å². The van der Waals surface area contributed by atoms with Gasteiger partial charge in [-0.15, -0.1) is 0 Å².